The van der Waals surface area contributed by atoms with Gasteiger partial charge in [-0.3, -0.25) is 0 Å². The number of hydrogen-bond acceptors (Lipinski definition) is 4. The molecular weight excluding hydrogens is 290 g/mol. The summed E-state index contributed by atoms with van der Waals surface area (Å²) in [6.45, 7) is 0. The number of hydrogen-bond donors (Lipinski definition) is 3. The molecule has 5 nitrogen and oxygen atoms in total. The Morgan fingerprint density at radius 3 is 2.73 bits per heavy atom. The van der Waals surface area contributed by atoms with Crippen molar-refractivity contribution in [3.05, 3.63) is 42.0 Å². The summed E-state index contributed by atoms with van der Waals surface area (Å²) in [4.78, 5) is 4.46. The van der Waals surface area contributed by atoms with E-state index in [0.717, 1.165) is 24.4 Å². The van der Waals surface area contributed by atoms with Crippen LogP contribution in [0.5, 0.6) is 5.75 Å². The number of aromatic nitrogens is 2. The van der Waals surface area contributed by atoms with E-state index in [1.54, 1.807) is 12.1 Å². The number of nitrogens with zero attached hydrogens (tertiary/aromatic N) is 2. The molecule has 7 heteroatoms. The Hall–Kier alpha value is -2.57. The number of phenolic OH excluding ortho intramolecular Hbond substituents is 1. The highest BCUT2D eigenvalue weighted by molar-refractivity contribution is 5.83. The molecule has 1 heterocycles. The van der Waals surface area contributed by atoms with Crippen LogP contribution in [0, 0.1) is 0 Å². The number of imidazole rings is 1. The van der Waals surface area contributed by atoms with Gasteiger partial charge in [-0.1, -0.05) is 0 Å². The number of phenols is 1. The van der Waals surface area contributed by atoms with Crippen molar-refractivity contribution in [2.45, 2.75) is 25.3 Å². The third-order valence-electron chi connectivity index (χ3n) is 3.60. The molecule has 0 aliphatic heterocycles. The van der Waals surface area contributed by atoms with Crippen molar-refractivity contribution in [2.24, 2.45) is 11.5 Å². The minimum Gasteiger partial charge on any atom is -0.508 e. The van der Waals surface area contributed by atoms with Crippen LogP contribution in [0.4, 0.5) is 8.78 Å². The molecule has 0 saturated heterocycles. The Kier molecular flexibility index (Phi) is 3.48. The second kappa shape index (κ2) is 5.32. The highest BCUT2D eigenvalue weighted by Gasteiger charge is 2.29. The number of rotatable bonds is 4. The van der Waals surface area contributed by atoms with Crippen LogP contribution >= 0.6 is 0 Å². The van der Waals surface area contributed by atoms with Gasteiger partial charge in [0.25, 0.3) is 6.43 Å². The van der Waals surface area contributed by atoms with E-state index >= 15 is 0 Å². The SMILES string of the molecule is N/C=C(\C=C(/N)C(F)F)c1nc2ccc(O)cc2n1C1CC1. The number of halogens is 2. The Balaban J connectivity index is 2.17. The lowest BCUT2D eigenvalue weighted by Crippen LogP contribution is -2.09. The summed E-state index contributed by atoms with van der Waals surface area (Å²) in [6, 6.07) is 5.06. The monoisotopic (exact) mass is 306 g/mol. The third kappa shape index (κ3) is 2.49. The molecule has 0 spiro atoms. The minimum atomic E-state index is -2.75. The molecule has 0 radical (unpaired) electrons. The predicted molar refractivity (Wildman–Crippen MR) is 80.1 cm³/mol. The lowest BCUT2D eigenvalue weighted by molar-refractivity contribution is 0.188. The van der Waals surface area contributed by atoms with Crippen LogP contribution < -0.4 is 11.5 Å². The summed E-state index contributed by atoms with van der Waals surface area (Å²) < 4.78 is 27.2. The molecule has 1 aliphatic rings. The molecule has 1 aromatic carbocycles. The van der Waals surface area contributed by atoms with E-state index in [4.69, 9.17) is 11.5 Å². The molecule has 5 N–H and O–H groups in total. The molecule has 0 unspecified atom stereocenters. The normalized spacial score (nSPS) is 16.7. The van der Waals surface area contributed by atoms with Gasteiger partial charge in [0.1, 0.15) is 11.6 Å². The smallest absolute Gasteiger partial charge is 0.277 e. The number of aromatic hydroxyl groups is 1. The molecule has 2 aromatic rings. The van der Waals surface area contributed by atoms with Gasteiger partial charge in [0.15, 0.2) is 0 Å². The standard InChI is InChI=1S/C15H16F2N4O/c16-14(17)11(19)5-8(7-18)15-20-12-4-3-10(22)6-13(12)21(15)9-1-2-9/h3-7,9,14,22H,1-2,18-19H2/b8-7+,11-5-. The van der Waals surface area contributed by atoms with Crippen molar-refractivity contribution in [3.8, 4) is 5.75 Å². The number of alkyl halides is 2. The summed E-state index contributed by atoms with van der Waals surface area (Å²) in [7, 11) is 0. The van der Waals surface area contributed by atoms with Crippen LogP contribution in [0.25, 0.3) is 16.6 Å². The maximum atomic E-state index is 12.6. The van der Waals surface area contributed by atoms with Gasteiger partial charge < -0.3 is 21.1 Å². The van der Waals surface area contributed by atoms with E-state index in [2.05, 4.69) is 4.98 Å². The minimum absolute atomic E-state index is 0.127. The maximum Gasteiger partial charge on any atom is 0.277 e. The predicted octanol–water partition coefficient (Wildman–Crippen LogP) is 2.48. The quantitative estimate of drug-likeness (QED) is 0.757. The van der Waals surface area contributed by atoms with Gasteiger partial charge in [0.2, 0.25) is 0 Å². The van der Waals surface area contributed by atoms with Crippen LogP contribution in [0.2, 0.25) is 0 Å². The number of allylic oxidation sites excluding steroid dienone is 3. The summed E-state index contributed by atoms with van der Waals surface area (Å²) >= 11 is 0. The first-order valence-electron chi connectivity index (χ1n) is 6.89. The average Bonchev–Trinajstić information content (AvgIpc) is 3.25. The van der Waals surface area contributed by atoms with Crippen LogP contribution in [-0.4, -0.2) is 21.1 Å². The average molecular weight is 306 g/mol. The van der Waals surface area contributed by atoms with E-state index in [1.165, 1.54) is 12.3 Å². The molecule has 1 fully saturated rings. The van der Waals surface area contributed by atoms with E-state index in [1.807, 2.05) is 4.57 Å². The Bertz CT molecular complexity index is 775. The van der Waals surface area contributed by atoms with Crippen LogP contribution in [-0.2, 0) is 0 Å². The largest absolute Gasteiger partial charge is 0.508 e. The van der Waals surface area contributed by atoms with Crippen LogP contribution in [0.15, 0.2) is 36.2 Å². The first-order chi connectivity index (χ1) is 10.5. The summed E-state index contributed by atoms with van der Waals surface area (Å²) in [6.07, 6.45) is 1.55. The van der Waals surface area contributed by atoms with Gasteiger partial charge in [-0.2, -0.15) is 0 Å². The van der Waals surface area contributed by atoms with Crippen molar-refractivity contribution in [1.29, 1.82) is 0 Å². The lowest BCUT2D eigenvalue weighted by Gasteiger charge is -2.09. The third-order valence-corrected chi connectivity index (χ3v) is 3.60. The number of nitrogens with two attached hydrogens (primary N) is 2. The van der Waals surface area contributed by atoms with Gasteiger partial charge in [0.05, 0.1) is 16.7 Å². The molecule has 0 amide bonds. The fraction of sp³-hybridized carbons (Fsp3) is 0.267. The molecule has 116 valence electrons. The maximum absolute atomic E-state index is 12.6. The van der Waals surface area contributed by atoms with Gasteiger partial charge in [-0.15, -0.1) is 0 Å². The molecular formula is C15H16F2N4O. The van der Waals surface area contributed by atoms with Crippen LogP contribution in [0.3, 0.4) is 0 Å². The van der Waals surface area contributed by atoms with Gasteiger partial charge in [-0.25, -0.2) is 13.8 Å². The highest BCUT2D eigenvalue weighted by atomic mass is 19.3. The molecule has 0 bridgehead atoms. The van der Waals surface area contributed by atoms with Crippen molar-refractivity contribution < 1.29 is 13.9 Å². The van der Waals surface area contributed by atoms with E-state index < -0.39 is 12.1 Å². The number of fused-ring (bicyclic) bond motifs is 1. The summed E-state index contributed by atoms with van der Waals surface area (Å²) in [5.41, 5.74) is 12.1. The molecule has 22 heavy (non-hydrogen) atoms. The first kappa shape index (κ1) is 14.4. The number of benzene rings is 1. The fourth-order valence-corrected chi connectivity index (χ4v) is 2.42. The molecule has 0 atom stereocenters. The van der Waals surface area contributed by atoms with Gasteiger partial charge in [-0.05, 0) is 31.1 Å². The molecule has 1 saturated carbocycles. The Morgan fingerprint density at radius 2 is 2.14 bits per heavy atom. The first-order valence-corrected chi connectivity index (χ1v) is 6.89. The second-order valence-electron chi connectivity index (χ2n) is 5.28. The lowest BCUT2D eigenvalue weighted by atomic mass is 10.2. The van der Waals surface area contributed by atoms with Crippen molar-refractivity contribution in [1.82, 2.24) is 9.55 Å². The Labute approximate surface area is 125 Å². The van der Waals surface area contributed by atoms with Gasteiger partial charge >= 0.3 is 0 Å². The molecule has 1 aromatic heterocycles. The second-order valence-corrected chi connectivity index (χ2v) is 5.28. The van der Waals surface area contributed by atoms with E-state index in [9.17, 15) is 13.9 Å². The summed E-state index contributed by atoms with van der Waals surface area (Å²) in [5, 5.41) is 9.67. The molecule has 3 rings (SSSR count). The van der Waals surface area contributed by atoms with Crippen molar-refractivity contribution in [2.75, 3.05) is 0 Å². The van der Waals surface area contributed by atoms with Crippen molar-refractivity contribution in [3.63, 3.8) is 0 Å². The zero-order valence-electron chi connectivity index (χ0n) is 11.7. The van der Waals surface area contributed by atoms with Gasteiger partial charge in [0, 0.05) is 23.9 Å². The topological polar surface area (TPSA) is 90.1 Å². The Morgan fingerprint density at radius 1 is 1.41 bits per heavy atom. The summed E-state index contributed by atoms with van der Waals surface area (Å²) in [5.74, 6) is 0.607. The fourth-order valence-electron chi connectivity index (χ4n) is 2.42. The van der Waals surface area contributed by atoms with Crippen LogP contribution in [0.1, 0.15) is 24.7 Å². The highest BCUT2D eigenvalue weighted by Crippen LogP contribution is 2.40. The zero-order chi connectivity index (χ0) is 15.9. The van der Waals surface area contributed by atoms with E-state index in [0.29, 0.717) is 16.9 Å². The van der Waals surface area contributed by atoms with E-state index in [-0.39, 0.29) is 11.8 Å². The van der Waals surface area contributed by atoms with Crippen molar-refractivity contribution >= 4 is 16.6 Å². The molecule has 1 aliphatic carbocycles. The zero-order valence-corrected chi connectivity index (χ0v) is 11.7.